The molecule has 2 aromatic rings. The summed E-state index contributed by atoms with van der Waals surface area (Å²) in [5.74, 6) is -0.241. The number of aromatic nitrogens is 2. The van der Waals surface area contributed by atoms with Crippen LogP contribution in [0.3, 0.4) is 0 Å². The zero-order chi connectivity index (χ0) is 17.3. The number of aryl methyl sites for hydroxylation is 1. The van der Waals surface area contributed by atoms with Crippen LogP contribution in [0.25, 0.3) is 5.69 Å². The van der Waals surface area contributed by atoms with E-state index >= 15 is 0 Å². The zero-order valence-electron chi connectivity index (χ0n) is 14.8. The van der Waals surface area contributed by atoms with E-state index in [9.17, 15) is 4.39 Å². The summed E-state index contributed by atoms with van der Waals surface area (Å²) in [6.07, 6.45) is 5.58. The second-order valence-electron chi connectivity index (χ2n) is 6.73. The predicted molar refractivity (Wildman–Crippen MR) is 95.2 cm³/mol. The van der Waals surface area contributed by atoms with Crippen molar-refractivity contribution < 1.29 is 4.39 Å². The van der Waals surface area contributed by atoms with Gasteiger partial charge in [-0.3, -0.25) is 5.01 Å². The summed E-state index contributed by atoms with van der Waals surface area (Å²) in [7, 11) is 0. The van der Waals surface area contributed by atoms with Crippen molar-refractivity contribution in [3.05, 3.63) is 47.0 Å². The largest absolute Gasteiger partial charge is 0.292 e. The molecule has 1 aliphatic rings. The number of hydrogen-bond acceptors (Lipinski definition) is 3. The van der Waals surface area contributed by atoms with Gasteiger partial charge in [0.25, 0.3) is 0 Å². The van der Waals surface area contributed by atoms with E-state index in [1.54, 1.807) is 12.1 Å². The van der Waals surface area contributed by atoms with E-state index in [4.69, 9.17) is 5.10 Å². The van der Waals surface area contributed by atoms with Crippen LogP contribution in [0, 0.1) is 19.7 Å². The summed E-state index contributed by atoms with van der Waals surface area (Å²) < 4.78 is 15.0. The van der Waals surface area contributed by atoms with Crippen molar-refractivity contribution in [2.24, 2.45) is 5.10 Å². The normalized spacial score (nSPS) is 21.6. The molecule has 1 saturated heterocycles. The Morgan fingerprint density at radius 2 is 1.75 bits per heavy atom. The van der Waals surface area contributed by atoms with E-state index < -0.39 is 0 Å². The van der Waals surface area contributed by atoms with E-state index in [0.717, 1.165) is 22.6 Å². The average Bonchev–Trinajstić information content (AvgIpc) is 2.83. The highest BCUT2D eigenvalue weighted by Gasteiger charge is 2.23. The summed E-state index contributed by atoms with van der Waals surface area (Å²) in [5, 5.41) is 11.6. The molecular formula is C19H25FN4. The van der Waals surface area contributed by atoms with E-state index in [-0.39, 0.29) is 5.82 Å². The summed E-state index contributed by atoms with van der Waals surface area (Å²) >= 11 is 0. The Kier molecular flexibility index (Phi) is 4.69. The lowest BCUT2D eigenvalue weighted by Gasteiger charge is -2.36. The van der Waals surface area contributed by atoms with Gasteiger partial charge in [0.15, 0.2) is 0 Å². The molecule has 24 heavy (non-hydrogen) atoms. The van der Waals surface area contributed by atoms with Crippen molar-refractivity contribution in [3.63, 3.8) is 0 Å². The van der Waals surface area contributed by atoms with Crippen LogP contribution in [0.1, 0.15) is 50.1 Å². The molecule has 0 N–H and O–H groups in total. The molecule has 0 bridgehead atoms. The topological polar surface area (TPSA) is 33.4 Å². The van der Waals surface area contributed by atoms with Gasteiger partial charge >= 0.3 is 0 Å². The highest BCUT2D eigenvalue weighted by Crippen LogP contribution is 2.23. The van der Waals surface area contributed by atoms with Crippen LogP contribution in [0.5, 0.6) is 0 Å². The maximum absolute atomic E-state index is 13.1. The number of rotatable bonds is 3. The molecule has 1 aromatic carbocycles. The van der Waals surface area contributed by atoms with Crippen LogP contribution in [0.4, 0.5) is 4.39 Å². The first-order valence-electron chi connectivity index (χ1n) is 8.62. The lowest BCUT2D eigenvalue weighted by Crippen LogP contribution is -2.39. The second-order valence-corrected chi connectivity index (χ2v) is 6.73. The summed E-state index contributed by atoms with van der Waals surface area (Å²) in [4.78, 5) is 0. The Morgan fingerprint density at radius 1 is 1.12 bits per heavy atom. The fourth-order valence-corrected chi connectivity index (χ4v) is 3.43. The molecule has 0 radical (unpaired) electrons. The van der Waals surface area contributed by atoms with Crippen LogP contribution >= 0.6 is 0 Å². The molecule has 5 heteroatoms. The summed E-state index contributed by atoms with van der Waals surface area (Å²) in [6.45, 7) is 8.47. The smallest absolute Gasteiger partial charge is 0.123 e. The van der Waals surface area contributed by atoms with Crippen molar-refractivity contribution in [2.75, 3.05) is 0 Å². The second kappa shape index (κ2) is 6.75. The molecule has 0 saturated carbocycles. The number of halogens is 1. The Labute approximate surface area is 143 Å². The SMILES string of the molecule is Cc1nn(-c2ccc(F)cc2)c(C)c1C=NN1[C@H](C)CCC[C@H]1C. The molecule has 2 heterocycles. The third kappa shape index (κ3) is 3.21. The molecule has 1 aliphatic heterocycles. The molecule has 0 amide bonds. The van der Waals surface area contributed by atoms with Crippen LogP contribution in [0.2, 0.25) is 0 Å². The monoisotopic (exact) mass is 328 g/mol. The van der Waals surface area contributed by atoms with Gasteiger partial charge in [-0.2, -0.15) is 10.2 Å². The van der Waals surface area contributed by atoms with Crippen LogP contribution < -0.4 is 0 Å². The Balaban J connectivity index is 1.89. The highest BCUT2D eigenvalue weighted by atomic mass is 19.1. The molecule has 0 unspecified atom stereocenters. The summed E-state index contributed by atoms with van der Waals surface area (Å²) in [6, 6.07) is 7.33. The third-order valence-corrected chi connectivity index (χ3v) is 4.89. The quantitative estimate of drug-likeness (QED) is 0.790. The lowest BCUT2D eigenvalue weighted by molar-refractivity contribution is 0.109. The Morgan fingerprint density at radius 3 is 2.38 bits per heavy atom. The fraction of sp³-hybridized carbons (Fsp3) is 0.474. The number of hydrogen-bond donors (Lipinski definition) is 0. The highest BCUT2D eigenvalue weighted by molar-refractivity contribution is 5.82. The summed E-state index contributed by atoms with van der Waals surface area (Å²) in [5.41, 5.74) is 3.83. The Bertz CT molecular complexity index is 723. The molecule has 2 atom stereocenters. The standard InChI is InChI=1S/C19H25FN4/c1-13-6-5-7-14(2)23(13)21-12-19-15(3)22-24(16(19)4)18-10-8-17(20)9-11-18/h8-14H,5-7H2,1-4H3/t13-,14-/m1/s1. The van der Waals surface area contributed by atoms with Gasteiger partial charge in [-0.05, 0) is 71.2 Å². The number of piperidine rings is 1. The van der Waals surface area contributed by atoms with Crippen molar-refractivity contribution >= 4 is 6.21 Å². The Hall–Kier alpha value is -2.17. The van der Waals surface area contributed by atoms with Gasteiger partial charge in [0.2, 0.25) is 0 Å². The van der Waals surface area contributed by atoms with Gasteiger partial charge in [0.1, 0.15) is 5.82 Å². The van der Waals surface area contributed by atoms with Gasteiger partial charge in [0, 0.05) is 17.6 Å². The minimum atomic E-state index is -0.241. The van der Waals surface area contributed by atoms with E-state index in [2.05, 4.69) is 24.0 Å². The number of nitrogens with zero attached hydrogens (tertiary/aromatic N) is 4. The predicted octanol–water partition coefficient (Wildman–Crippen LogP) is 4.23. The number of hydrazone groups is 1. The molecule has 1 aromatic heterocycles. The first kappa shape index (κ1) is 16.7. The van der Waals surface area contributed by atoms with Crippen molar-refractivity contribution in [2.45, 2.75) is 59.0 Å². The molecule has 1 fully saturated rings. The van der Waals surface area contributed by atoms with Crippen molar-refractivity contribution in [1.29, 1.82) is 0 Å². The van der Waals surface area contributed by atoms with E-state index in [1.165, 1.54) is 31.4 Å². The molecule has 3 rings (SSSR count). The van der Waals surface area contributed by atoms with Crippen molar-refractivity contribution in [1.82, 2.24) is 14.8 Å². The zero-order valence-corrected chi connectivity index (χ0v) is 14.8. The first-order chi connectivity index (χ1) is 11.5. The first-order valence-corrected chi connectivity index (χ1v) is 8.62. The molecule has 128 valence electrons. The molecule has 4 nitrogen and oxygen atoms in total. The molecular weight excluding hydrogens is 303 g/mol. The third-order valence-electron chi connectivity index (χ3n) is 4.89. The van der Waals surface area contributed by atoms with Crippen LogP contribution in [-0.4, -0.2) is 33.1 Å². The maximum Gasteiger partial charge on any atom is 0.123 e. The van der Waals surface area contributed by atoms with Gasteiger partial charge < -0.3 is 0 Å². The van der Waals surface area contributed by atoms with Crippen LogP contribution in [-0.2, 0) is 0 Å². The van der Waals surface area contributed by atoms with Gasteiger partial charge in [-0.25, -0.2) is 9.07 Å². The molecule has 0 aliphatic carbocycles. The fourth-order valence-electron chi connectivity index (χ4n) is 3.43. The number of benzene rings is 1. The van der Waals surface area contributed by atoms with Crippen LogP contribution in [0.15, 0.2) is 29.4 Å². The van der Waals surface area contributed by atoms with E-state index in [0.29, 0.717) is 12.1 Å². The minimum Gasteiger partial charge on any atom is -0.292 e. The maximum atomic E-state index is 13.1. The van der Waals surface area contributed by atoms with E-state index in [1.807, 2.05) is 24.7 Å². The van der Waals surface area contributed by atoms with Gasteiger partial charge in [-0.15, -0.1) is 0 Å². The minimum absolute atomic E-state index is 0.241. The van der Waals surface area contributed by atoms with Gasteiger partial charge in [-0.1, -0.05) is 0 Å². The van der Waals surface area contributed by atoms with Crippen molar-refractivity contribution in [3.8, 4) is 5.69 Å². The molecule has 0 spiro atoms. The average molecular weight is 328 g/mol. The van der Waals surface area contributed by atoms with Gasteiger partial charge in [0.05, 0.1) is 23.3 Å². The lowest BCUT2D eigenvalue weighted by atomic mass is 10.00.